The van der Waals surface area contributed by atoms with Gasteiger partial charge in [0.2, 0.25) is 11.4 Å². The minimum atomic E-state index is 0.465. The van der Waals surface area contributed by atoms with Crippen molar-refractivity contribution in [1.82, 2.24) is 0 Å². The van der Waals surface area contributed by atoms with Crippen molar-refractivity contribution in [1.29, 1.82) is 0 Å². The van der Waals surface area contributed by atoms with Crippen molar-refractivity contribution in [3.8, 4) is 0 Å². The summed E-state index contributed by atoms with van der Waals surface area (Å²) >= 11 is 5.19. The van der Waals surface area contributed by atoms with E-state index >= 15 is 0 Å². The van der Waals surface area contributed by atoms with Crippen molar-refractivity contribution >= 4 is 90.7 Å². The van der Waals surface area contributed by atoms with E-state index in [1.807, 2.05) is 0 Å². The Hall–Kier alpha value is -2.46. The summed E-state index contributed by atoms with van der Waals surface area (Å²) < 4.78 is 23.1. The van der Waals surface area contributed by atoms with E-state index in [1.54, 1.807) is 23.1 Å². The number of rotatable bonds is 7. The molecule has 0 amide bonds. The molecule has 0 spiro atoms. The number of thioether (sulfide) groups is 1. The Morgan fingerprint density at radius 2 is 1.65 bits per heavy atom. The van der Waals surface area contributed by atoms with Gasteiger partial charge in [0.25, 0.3) is 5.01 Å². The summed E-state index contributed by atoms with van der Waals surface area (Å²) in [6.45, 7) is 2.17. The van der Waals surface area contributed by atoms with Gasteiger partial charge in [-0.25, -0.2) is 0 Å². The Morgan fingerprint density at radius 3 is 2.41 bits per heavy atom. The molecule has 4 nitrogen and oxygen atoms in total. The molecule has 1 aliphatic heterocycles. The Bertz CT molecular complexity index is 1690. The third kappa shape index (κ3) is 4.56. The molecule has 1 aromatic heterocycles. The predicted octanol–water partition coefficient (Wildman–Crippen LogP) is 9.07. The maximum absolute atomic E-state index is 9.83. The van der Waals surface area contributed by atoms with Crippen LogP contribution < -0.4 is 9.47 Å². The molecule has 0 bridgehead atoms. The van der Waals surface area contributed by atoms with Crippen LogP contribution in [0, 0.1) is 0 Å². The molecule has 186 valence electrons. The average molecular weight is 562 g/mol. The zero-order valence-electron chi connectivity index (χ0n) is 20.1. The van der Waals surface area contributed by atoms with Crippen LogP contribution in [-0.4, -0.2) is 15.0 Å². The summed E-state index contributed by atoms with van der Waals surface area (Å²) in [4.78, 5) is 3.42. The first-order chi connectivity index (χ1) is 18.2. The molecule has 0 saturated heterocycles. The molecule has 5 aromatic rings. The third-order valence-corrected chi connectivity index (χ3v) is 9.57. The largest absolute Gasteiger partial charge is 0.328 e. The molecular weight excluding hydrogens is 537 g/mol. The lowest BCUT2D eigenvalue weighted by molar-refractivity contribution is -0.646. The molecular formula is C29H25N2O2S4+. The molecule has 37 heavy (non-hydrogen) atoms. The van der Waals surface area contributed by atoms with Crippen molar-refractivity contribution in [3.63, 3.8) is 0 Å². The average Bonchev–Trinajstić information content (AvgIpc) is 3.46. The molecule has 1 aliphatic rings. The van der Waals surface area contributed by atoms with Crippen LogP contribution in [0.5, 0.6) is 0 Å². The van der Waals surface area contributed by atoms with E-state index < -0.39 is 0 Å². The van der Waals surface area contributed by atoms with Crippen molar-refractivity contribution in [3.05, 3.63) is 94.5 Å². The number of benzene rings is 4. The quantitative estimate of drug-likeness (QED) is 0.153. The van der Waals surface area contributed by atoms with Crippen LogP contribution in [0.25, 0.3) is 37.8 Å². The molecule has 2 N–H and O–H groups in total. The van der Waals surface area contributed by atoms with Gasteiger partial charge in [0.05, 0.1) is 34.0 Å². The first-order valence-electron chi connectivity index (χ1n) is 12.0. The maximum atomic E-state index is 9.83. The van der Waals surface area contributed by atoms with E-state index in [9.17, 15) is 9.11 Å². The van der Waals surface area contributed by atoms with Crippen LogP contribution in [-0.2, 0) is 5.88 Å². The van der Waals surface area contributed by atoms with E-state index in [0.29, 0.717) is 11.8 Å². The second kappa shape index (κ2) is 10.7. The van der Waals surface area contributed by atoms with E-state index in [-0.39, 0.29) is 0 Å². The fourth-order valence-electron chi connectivity index (χ4n) is 4.90. The van der Waals surface area contributed by atoms with Gasteiger partial charge in [0.15, 0.2) is 0 Å². The summed E-state index contributed by atoms with van der Waals surface area (Å²) in [6.07, 6.45) is 5.35. The van der Waals surface area contributed by atoms with Gasteiger partial charge in [-0.3, -0.25) is 0 Å². The molecule has 0 saturated carbocycles. The summed E-state index contributed by atoms with van der Waals surface area (Å²) in [5.74, 6) is 0.930. The summed E-state index contributed by atoms with van der Waals surface area (Å²) in [5.41, 5.74) is 3.51. The van der Waals surface area contributed by atoms with E-state index in [1.165, 1.54) is 36.7 Å². The molecule has 8 heteroatoms. The topological polar surface area (TPSA) is 47.6 Å². The van der Waals surface area contributed by atoms with Gasteiger partial charge in [-0.05, 0) is 47.0 Å². The van der Waals surface area contributed by atoms with Gasteiger partial charge in [-0.15, -0.1) is 0 Å². The Kier molecular flexibility index (Phi) is 7.20. The number of anilines is 1. The van der Waals surface area contributed by atoms with Gasteiger partial charge < -0.3 is 14.0 Å². The molecule has 0 fully saturated rings. The summed E-state index contributed by atoms with van der Waals surface area (Å²) in [7, 11) is 0. The van der Waals surface area contributed by atoms with Gasteiger partial charge in [-0.2, -0.15) is 4.57 Å². The first kappa shape index (κ1) is 24.9. The molecule has 0 radical (unpaired) electrons. The van der Waals surface area contributed by atoms with Crippen molar-refractivity contribution in [2.45, 2.75) is 24.1 Å². The summed E-state index contributed by atoms with van der Waals surface area (Å²) in [5, 5.41) is 7.00. The number of aromatic nitrogens is 1. The van der Waals surface area contributed by atoms with E-state index in [2.05, 4.69) is 101 Å². The number of thiazole rings is 1. The minimum Gasteiger partial charge on any atom is -0.328 e. The van der Waals surface area contributed by atoms with Crippen molar-refractivity contribution in [2.24, 2.45) is 0 Å². The van der Waals surface area contributed by atoms with Crippen LogP contribution in [0.4, 0.5) is 5.69 Å². The Labute approximate surface area is 232 Å². The molecule has 6 rings (SSSR count). The zero-order chi connectivity index (χ0) is 25.4. The highest BCUT2D eigenvalue weighted by atomic mass is 32.2. The zero-order valence-corrected chi connectivity index (χ0v) is 23.4. The van der Waals surface area contributed by atoms with Crippen LogP contribution in [0.2, 0.25) is 0 Å². The van der Waals surface area contributed by atoms with Crippen LogP contribution in [0.15, 0.2) is 94.4 Å². The number of nitrogens with zero attached hydrogens (tertiary/aromatic N) is 2. The monoisotopic (exact) mass is 561 g/mol. The Morgan fingerprint density at radius 1 is 0.919 bits per heavy atom. The fraction of sp³-hybridized carbons (Fsp3) is 0.138. The van der Waals surface area contributed by atoms with Crippen LogP contribution in [0.1, 0.15) is 18.4 Å². The molecule has 0 unspecified atom stereocenters. The highest BCUT2D eigenvalue weighted by Crippen LogP contribution is 2.50. The lowest BCUT2D eigenvalue weighted by Gasteiger charge is -2.20. The minimum absolute atomic E-state index is 0.465. The van der Waals surface area contributed by atoms with Crippen molar-refractivity contribution in [2.75, 3.05) is 10.8 Å². The molecule has 0 aliphatic carbocycles. The van der Waals surface area contributed by atoms with Crippen LogP contribution >= 0.6 is 47.2 Å². The number of hydrogen-bond donors (Lipinski definition) is 2. The van der Waals surface area contributed by atoms with Gasteiger partial charge >= 0.3 is 0 Å². The number of allylic oxidation sites excluding steroid dienone is 2. The lowest BCUT2D eigenvalue weighted by atomic mass is 10.1. The number of fused-ring (bicyclic) bond motifs is 6. The third-order valence-electron chi connectivity index (χ3n) is 6.63. The highest BCUT2D eigenvalue weighted by molar-refractivity contribution is 8.04. The second-order valence-corrected chi connectivity index (χ2v) is 11.9. The smallest absolute Gasteiger partial charge is 0.263 e. The predicted molar refractivity (Wildman–Crippen MR) is 163 cm³/mol. The number of hydrogen-bond acceptors (Lipinski definition) is 7. The molecule has 4 aromatic carbocycles. The molecule has 0 atom stereocenters. The SMILES string of the molecule is CCC(=Cc1sc2ccc3ccccc3c2[n+]1CSO)C=C1Sc2ccc3ccccc3c2N1CSO. The van der Waals surface area contributed by atoms with Crippen LogP contribution in [0.3, 0.4) is 0 Å². The Balaban J connectivity index is 1.47. The van der Waals surface area contributed by atoms with Gasteiger partial charge in [-0.1, -0.05) is 84.6 Å². The van der Waals surface area contributed by atoms with Gasteiger partial charge in [0.1, 0.15) is 4.70 Å². The van der Waals surface area contributed by atoms with E-state index in [0.717, 1.165) is 51.7 Å². The lowest BCUT2D eigenvalue weighted by Crippen LogP contribution is -2.33. The summed E-state index contributed by atoms with van der Waals surface area (Å²) in [6, 6.07) is 25.5. The van der Waals surface area contributed by atoms with E-state index in [4.69, 9.17) is 0 Å². The molecule has 2 heterocycles. The van der Waals surface area contributed by atoms with Crippen molar-refractivity contribution < 1.29 is 13.7 Å². The maximum Gasteiger partial charge on any atom is 0.263 e. The fourth-order valence-corrected chi connectivity index (χ4v) is 8.14. The second-order valence-electron chi connectivity index (χ2n) is 8.74. The normalized spacial score (nSPS) is 14.9. The van der Waals surface area contributed by atoms with Gasteiger partial charge in [0, 0.05) is 28.4 Å². The standard InChI is InChI=1S/C29H24N2O2S4/c1-2-19(15-26-30(17-34-32)28-22-9-5-3-7-20(22)11-13-24(28)36-26)16-27-31(18-35-33)29-23-10-6-4-8-21(23)12-14-25(29)37-27/h3-16H,2,17-18H2,1H3,(H-,32,33)/p+1. The first-order valence-corrected chi connectivity index (χ1v) is 15.5. The highest BCUT2D eigenvalue weighted by Gasteiger charge is 2.28.